The topological polar surface area (TPSA) is 65.2 Å². The molecule has 4 nitrogen and oxygen atoms in total. The second kappa shape index (κ2) is 6.58. The molecule has 0 saturated heterocycles. The van der Waals surface area contributed by atoms with Crippen molar-refractivity contribution in [2.24, 2.45) is 5.73 Å². The van der Waals surface area contributed by atoms with Crippen LogP contribution in [0.3, 0.4) is 0 Å². The van der Waals surface area contributed by atoms with E-state index in [-0.39, 0.29) is 5.56 Å². The van der Waals surface area contributed by atoms with Crippen molar-refractivity contribution < 1.29 is 31.5 Å². The number of thiocarbonyl (C=S) groups is 1. The van der Waals surface area contributed by atoms with Crippen molar-refractivity contribution in [2.75, 3.05) is 7.11 Å². The normalized spacial score (nSPS) is 15.3. The Balaban J connectivity index is 2.94. The number of ether oxygens (including phenoxy) is 1. The second-order valence-corrected chi connectivity index (χ2v) is 5.73. The molecule has 0 amide bonds. The van der Waals surface area contributed by atoms with E-state index >= 15 is 0 Å². The van der Waals surface area contributed by atoms with Crippen molar-refractivity contribution in [3.63, 3.8) is 0 Å². The zero-order valence-corrected chi connectivity index (χ0v) is 13.2. The fraction of sp³-hybridized carbons (Fsp3) is 0.500. The molecule has 1 aromatic heterocycles. The standard InChI is InChI=1S/C14H13F5N2O2S/c1-23-13(22)7-6(5-3-2-4-5)8(12(20)24)10(14(17,18)19)21-9(7)11(15)16/h5,11H,2-4H2,1H3,(H2,20,24). The van der Waals surface area contributed by atoms with Gasteiger partial charge in [-0.2, -0.15) is 13.2 Å². The Bertz CT molecular complexity index is 687. The summed E-state index contributed by atoms with van der Waals surface area (Å²) in [5.74, 6) is -1.72. The lowest BCUT2D eigenvalue weighted by atomic mass is 9.75. The van der Waals surface area contributed by atoms with Crippen molar-refractivity contribution in [1.29, 1.82) is 0 Å². The van der Waals surface area contributed by atoms with E-state index in [2.05, 4.69) is 21.9 Å². The molecule has 0 bridgehead atoms. The number of pyridine rings is 1. The zero-order valence-electron chi connectivity index (χ0n) is 12.4. The number of aromatic nitrogens is 1. The quantitative estimate of drug-likeness (QED) is 0.498. The van der Waals surface area contributed by atoms with Gasteiger partial charge in [0.2, 0.25) is 0 Å². The smallest absolute Gasteiger partial charge is 0.434 e. The van der Waals surface area contributed by atoms with Gasteiger partial charge in [-0.3, -0.25) is 0 Å². The van der Waals surface area contributed by atoms with Crippen LogP contribution in [0.15, 0.2) is 0 Å². The highest BCUT2D eigenvalue weighted by Gasteiger charge is 2.43. The molecule has 0 spiro atoms. The van der Waals surface area contributed by atoms with E-state index in [4.69, 9.17) is 5.73 Å². The molecule has 1 aliphatic carbocycles. The Morgan fingerprint density at radius 3 is 2.25 bits per heavy atom. The van der Waals surface area contributed by atoms with Crippen LogP contribution >= 0.6 is 12.2 Å². The van der Waals surface area contributed by atoms with Crippen LogP contribution in [-0.2, 0) is 10.9 Å². The maximum absolute atomic E-state index is 13.3. The molecule has 10 heteroatoms. The predicted molar refractivity (Wildman–Crippen MR) is 78.0 cm³/mol. The van der Waals surface area contributed by atoms with Crippen LogP contribution in [0.25, 0.3) is 0 Å². The number of halogens is 5. The summed E-state index contributed by atoms with van der Waals surface area (Å²) in [5.41, 5.74) is 0.967. The lowest BCUT2D eigenvalue weighted by Crippen LogP contribution is -2.29. The minimum atomic E-state index is -5.05. The Hall–Kier alpha value is -1.84. The number of hydrogen-bond acceptors (Lipinski definition) is 4. The van der Waals surface area contributed by atoms with Crippen LogP contribution < -0.4 is 5.73 Å². The van der Waals surface area contributed by atoms with Crippen LogP contribution in [0.2, 0.25) is 0 Å². The summed E-state index contributed by atoms with van der Waals surface area (Å²) in [4.78, 5) is 14.3. The van der Waals surface area contributed by atoms with Gasteiger partial charge in [0.1, 0.15) is 10.7 Å². The molecule has 1 heterocycles. The monoisotopic (exact) mass is 368 g/mol. The molecule has 132 valence electrons. The van der Waals surface area contributed by atoms with E-state index < -0.39 is 52.0 Å². The molecule has 0 aromatic carbocycles. The average Bonchev–Trinajstić information content (AvgIpc) is 2.41. The summed E-state index contributed by atoms with van der Waals surface area (Å²) in [7, 11) is 0.945. The predicted octanol–water partition coefficient (Wildman–Crippen LogP) is 3.73. The number of rotatable bonds is 4. The fourth-order valence-electron chi connectivity index (χ4n) is 2.66. The molecule has 1 fully saturated rings. The highest BCUT2D eigenvalue weighted by Crippen LogP contribution is 2.45. The maximum atomic E-state index is 13.3. The van der Waals surface area contributed by atoms with Crippen molar-refractivity contribution in [2.45, 2.75) is 37.8 Å². The van der Waals surface area contributed by atoms with Gasteiger partial charge >= 0.3 is 12.1 Å². The van der Waals surface area contributed by atoms with E-state index in [0.717, 1.165) is 7.11 Å². The first kappa shape index (κ1) is 18.5. The van der Waals surface area contributed by atoms with Gasteiger partial charge in [0.25, 0.3) is 6.43 Å². The number of hydrogen-bond donors (Lipinski definition) is 1. The molecule has 0 unspecified atom stereocenters. The van der Waals surface area contributed by atoms with Gasteiger partial charge in [0, 0.05) is 5.56 Å². The third kappa shape index (κ3) is 3.19. The summed E-state index contributed by atoms with van der Waals surface area (Å²) < 4.78 is 70.9. The molecule has 1 aromatic rings. The third-order valence-electron chi connectivity index (χ3n) is 3.89. The van der Waals surface area contributed by atoms with Crippen molar-refractivity contribution >= 4 is 23.2 Å². The van der Waals surface area contributed by atoms with Crippen molar-refractivity contribution in [3.8, 4) is 0 Å². The largest absolute Gasteiger partial charge is 0.465 e. The molecular formula is C14H13F5N2O2S. The van der Waals surface area contributed by atoms with E-state index in [0.29, 0.717) is 19.3 Å². The average molecular weight is 368 g/mol. The lowest BCUT2D eigenvalue weighted by molar-refractivity contribution is -0.141. The van der Waals surface area contributed by atoms with E-state index in [1.807, 2.05) is 0 Å². The van der Waals surface area contributed by atoms with Crippen LogP contribution in [0.4, 0.5) is 22.0 Å². The molecule has 0 atom stereocenters. The van der Waals surface area contributed by atoms with Gasteiger partial charge < -0.3 is 10.5 Å². The van der Waals surface area contributed by atoms with Crippen LogP contribution in [0.5, 0.6) is 0 Å². The number of alkyl halides is 5. The van der Waals surface area contributed by atoms with Crippen molar-refractivity contribution in [1.82, 2.24) is 4.98 Å². The summed E-state index contributed by atoms with van der Waals surface area (Å²) in [5, 5.41) is 0. The molecule has 1 saturated carbocycles. The van der Waals surface area contributed by atoms with Crippen LogP contribution in [0, 0.1) is 0 Å². The SMILES string of the molecule is COC(=O)c1c(C(F)F)nc(C(F)(F)F)c(C(N)=S)c1C1CCC1. The maximum Gasteiger partial charge on any atom is 0.434 e. The summed E-state index contributed by atoms with van der Waals surface area (Å²) in [6.45, 7) is 0. The summed E-state index contributed by atoms with van der Waals surface area (Å²) >= 11 is 4.69. The van der Waals surface area contributed by atoms with Crippen LogP contribution in [-0.4, -0.2) is 23.1 Å². The number of esters is 1. The molecule has 1 aliphatic rings. The van der Waals surface area contributed by atoms with Gasteiger partial charge in [-0.15, -0.1) is 0 Å². The number of nitrogens with zero attached hydrogens (tertiary/aromatic N) is 1. The molecule has 2 N–H and O–H groups in total. The highest BCUT2D eigenvalue weighted by atomic mass is 32.1. The van der Waals surface area contributed by atoms with Gasteiger partial charge in [0.05, 0.1) is 12.7 Å². The molecule has 2 rings (SSSR count). The van der Waals surface area contributed by atoms with Gasteiger partial charge in [0.15, 0.2) is 5.69 Å². The fourth-order valence-corrected chi connectivity index (χ4v) is 2.86. The minimum Gasteiger partial charge on any atom is -0.465 e. The first-order chi connectivity index (χ1) is 11.1. The van der Waals surface area contributed by atoms with Gasteiger partial charge in [-0.25, -0.2) is 18.6 Å². The van der Waals surface area contributed by atoms with E-state index in [1.165, 1.54) is 0 Å². The lowest BCUT2D eigenvalue weighted by Gasteiger charge is -2.31. The number of methoxy groups -OCH3 is 1. The summed E-state index contributed by atoms with van der Waals surface area (Å²) in [6.07, 6.45) is -6.88. The van der Waals surface area contributed by atoms with E-state index in [9.17, 15) is 26.7 Å². The van der Waals surface area contributed by atoms with Crippen LogP contribution in [0.1, 0.15) is 64.5 Å². The molecule has 0 aliphatic heterocycles. The number of nitrogens with two attached hydrogens (primary N) is 1. The van der Waals surface area contributed by atoms with Gasteiger partial charge in [-0.1, -0.05) is 18.6 Å². The van der Waals surface area contributed by atoms with Crippen molar-refractivity contribution in [3.05, 3.63) is 28.1 Å². The number of carbonyl (C=O) groups excluding carboxylic acids is 1. The Labute approximate surface area is 139 Å². The van der Waals surface area contributed by atoms with Gasteiger partial charge in [-0.05, 0) is 24.3 Å². The molecule has 24 heavy (non-hydrogen) atoms. The zero-order chi connectivity index (χ0) is 18.2. The third-order valence-corrected chi connectivity index (χ3v) is 4.09. The molecule has 0 radical (unpaired) electrons. The highest BCUT2D eigenvalue weighted by molar-refractivity contribution is 7.80. The Morgan fingerprint density at radius 1 is 1.33 bits per heavy atom. The number of carbonyl (C=O) groups is 1. The van der Waals surface area contributed by atoms with E-state index in [1.54, 1.807) is 0 Å². The molecular weight excluding hydrogens is 355 g/mol. The summed E-state index contributed by atoms with van der Waals surface area (Å²) in [6, 6.07) is 0. The first-order valence-electron chi connectivity index (χ1n) is 6.90. The minimum absolute atomic E-state index is 0.238. The Morgan fingerprint density at radius 2 is 1.92 bits per heavy atom. The second-order valence-electron chi connectivity index (χ2n) is 5.29. The Kier molecular flexibility index (Phi) is 5.07. The first-order valence-corrected chi connectivity index (χ1v) is 7.31.